The van der Waals surface area contributed by atoms with Crippen molar-refractivity contribution in [3.8, 4) is 0 Å². The zero-order valence-corrected chi connectivity index (χ0v) is 11.5. The summed E-state index contributed by atoms with van der Waals surface area (Å²) in [4.78, 5) is 14.7. The molecule has 98 valence electrons. The summed E-state index contributed by atoms with van der Waals surface area (Å²) in [5, 5.41) is 3.34. The standard InChI is InChI=1S/C14H26N2O/c1-5-11-16(12(3)4)13(17)14(6-2)7-9-15-10-8-14/h5,12,15H,1,6-11H2,2-4H3. The molecular formula is C14H26N2O. The number of hydrogen-bond acceptors (Lipinski definition) is 2. The van der Waals surface area contributed by atoms with Gasteiger partial charge in [0.2, 0.25) is 5.91 Å². The maximum absolute atomic E-state index is 12.7. The molecule has 1 saturated heterocycles. The summed E-state index contributed by atoms with van der Waals surface area (Å²) in [5.74, 6) is 0.316. The largest absolute Gasteiger partial charge is 0.336 e. The zero-order chi connectivity index (χ0) is 12.9. The van der Waals surface area contributed by atoms with Crippen LogP contribution in [0.3, 0.4) is 0 Å². The summed E-state index contributed by atoms with van der Waals surface area (Å²) in [6, 6.07) is 0.249. The molecule has 0 bridgehead atoms. The number of nitrogens with zero attached hydrogens (tertiary/aromatic N) is 1. The smallest absolute Gasteiger partial charge is 0.229 e. The van der Waals surface area contributed by atoms with E-state index in [9.17, 15) is 4.79 Å². The lowest BCUT2D eigenvalue weighted by atomic mass is 9.75. The van der Waals surface area contributed by atoms with E-state index in [2.05, 4.69) is 32.7 Å². The minimum Gasteiger partial charge on any atom is -0.336 e. The lowest BCUT2D eigenvalue weighted by molar-refractivity contribution is -0.145. The van der Waals surface area contributed by atoms with Crippen molar-refractivity contribution in [1.82, 2.24) is 10.2 Å². The third-order valence-electron chi connectivity index (χ3n) is 3.90. The average molecular weight is 238 g/mol. The molecule has 0 radical (unpaired) electrons. The van der Waals surface area contributed by atoms with Crippen molar-refractivity contribution in [1.29, 1.82) is 0 Å². The minimum absolute atomic E-state index is 0.140. The Labute approximate surface area is 105 Å². The molecule has 0 spiro atoms. The molecule has 1 N–H and O–H groups in total. The minimum atomic E-state index is -0.140. The molecule has 1 amide bonds. The van der Waals surface area contributed by atoms with Gasteiger partial charge >= 0.3 is 0 Å². The van der Waals surface area contributed by atoms with Gasteiger partial charge in [-0.15, -0.1) is 6.58 Å². The molecule has 0 unspecified atom stereocenters. The lowest BCUT2D eigenvalue weighted by Crippen LogP contribution is -2.51. The number of nitrogens with one attached hydrogen (secondary N) is 1. The van der Waals surface area contributed by atoms with Gasteiger partial charge in [-0.2, -0.15) is 0 Å². The van der Waals surface area contributed by atoms with E-state index in [1.807, 2.05) is 11.0 Å². The Bertz CT molecular complexity index is 267. The van der Waals surface area contributed by atoms with Crippen molar-refractivity contribution in [3.63, 3.8) is 0 Å². The first kappa shape index (κ1) is 14.2. The van der Waals surface area contributed by atoms with E-state index >= 15 is 0 Å². The summed E-state index contributed by atoms with van der Waals surface area (Å²) >= 11 is 0. The molecule has 1 aliphatic rings. The first-order valence-corrected chi connectivity index (χ1v) is 6.70. The highest BCUT2D eigenvalue weighted by Gasteiger charge is 2.40. The van der Waals surface area contributed by atoms with Crippen molar-refractivity contribution in [2.24, 2.45) is 5.41 Å². The molecule has 0 saturated carbocycles. The number of carbonyl (C=O) groups is 1. The number of piperidine rings is 1. The van der Waals surface area contributed by atoms with Crippen molar-refractivity contribution < 1.29 is 4.79 Å². The van der Waals surface area contributed by atoms with E-state index < -0.39 is 0 Å². The van der Waals surface area contributed by atoms with Crippen LogP contribution in [0.25, 0.3) is 0 Å². The molecule has 0 aliphatic carbocycles. The predicted octanol–water partition coefficient (Wildman–Crippen LogP) is 2.19. The molecule has 17 heavy (non-hydrogen) atoms. The molecule has 3 nitrogen and oxygen atoms in total. The summed E-state index contributed by atoms with van der Waals surface area (Å²) in [6.07, 6.45) is 4.68. The molecule has 0 atom stereocenters. The van der Waals surface area contributed by atoms with Gasteiger partial charge in [0, 0.05) is 12.6 Å². The number of hydrogen-bond donors (Lipinski definition) is 1. The highest BCUT2D eigenvalue weighted by atomic mass is 16.2. The second-order valence-corrected chi connectivity index (χ2v) is 5.22. The number of carbonyl (C=O) groups excluding carboxylic acids is 1. The van der Waals surface area contributed by atoms with E-state index in [1.54, 1.807) is 0 Å². The Morgan fingerprint density at radius 2 is 2.06 bits per heavy atom. The fourth-order valence-electron chi connectivity index (χ4n) is 2.60. The van der Waals surface area contributed by atoms with Crippen molar-refractivity contribution >= 4 is 5.91 Å². The second-order valence-electron chi connectivity index (χ2n) is 5.22. The zero-order valence-electron chi connectivity index (χ0n) is 11.5. The van der Waals surface area contributed by atoms with Crippen LogP contribution in [0.5, 0.6) is 0 Å². The summed E-state index contributed by atoms with van der Waals surface area (Å²) in [7, 11) is 0. The van der Waals surface area contributed by atoms with Crippen molar-refractivity contribution in [2.45, 2.75) is 46.1 Å². The van der Waals surface area contributed by atoms with Gasteiger partial charge in [0.15, 0.2) is 0 Å². The Morgan fingerprint density at radius 1 is 1.47 bits per heavy atom. The van der Waals surface area contributed by atoms with Crippen LogP contribution in [-0.4, -0.2) is 36.5 Å². The van der Waals surface area contributed by atoms with E-state index in [0.29, 0.717) is 12.5 Å². The van der Waals surface area contributed by atoms with Crippen LogP contribution in [-0.2, 0) is 4.79 Å². The highest BCUT2D eigenvalue weighted by molar-refractivity contribution is 5.83. The number of amides is 1. The maximum Gasteiger partial charge on any atom is 0.229 e. The van der Waals surface area contributed by atoms with E-state index in [4.69, 9.17) is 0 Å². The fraction of sp³-hybridized carbons (Fsp3) is 0.786. The molecule has 0 aromatic heterocycles. The summed E-state index contributed by atoms with van der Waals surface area (Å²) in [6.45, 7) is 12.6. The third-order valence-corrected chi connectivity index (χ3v) is 3.90. The summed E-state index contributed by atoms with van der Waals surface area (Å²) in [5.41, 5.74) is -0.140. The Morgan fingerprint density at radius 3 is 2.47 bits per heavy atom. The molecule has 0 aromatic rings. The molecule has 1 aliphatic heterocycles. The van der Waals surface area contributed by atoms with Gasteiger partial charge in [-0.1, -0.05) is 13.0 Å². The predicted molar refractivity (Wildman–Crippen MR) is 71.9 cm³/mol. The molecule has 1 fully saturated rings. The Kier molecular flexibility index (Phi) is 5.19. The normalized spacial score (nSPS) is 19.1. The lowest BCUT2D eigenvalue weighted by Gasteiger charge is -2.40. The fourth-order valence-corrected chi connectivity index (χ4v) is 2.60. The van der Waals surface area contributed by atoms with Crippen LogP contribution in [0.4, 0.5) is 0 Å². The first-order chi connectivity index (χ1) is 8.07. The average Bonchev–Trinajstić information content (AvgIpc) is 2.35. The quantitative estimate of drug-likeness (QED) is 0.745. The Hall–Kier alpha value is -0.830. The monoisotopic (exact) mass is 238 g/mol. The molecule has 0 aromatic carbocycles. The van der Waals surface area contributed by atoms with Gasteiger partial charge < -0.3 is 10.2 Å². The summed E-state index contributed by atoms with van der Waals surface area (Å²) < 4.78 is 0. The first-order valence-electron chi connectivity index (χ1n) is 6.70. The van der Waals surface area contributed by atoms with Crippen LogP contribution in [0, 0.1) is 5.41 Å². The van der Waals surface area contributed by atoms with Gasteiger partial charge in [-0.05, 0) is 46.2 Å². The van der Waals surface area contributed by atoms with Crippen LogP contribution in [0.15, 0.2) is 12.7 Å². The maximum atomic E-state index is 12.7. The van der Waals surface area contributed by atoms with Crippen LogP contribution in [0.2, 0.25) is 0 Å². The second kappa shape index (κ2) is 6.20. The van der Waals surface area contributed by atoms with Crippen molar-refractivity contribution in [3.05, 3.63) is 12.7 Å². The Balaban J connectivity index is 2.85. The molecule has 1 heterocycles. The van der Waals surface area contributed by atoms with Gasteiger partial charge in [-0.25, -0.2) is 0 Å². The molecule has 1 rings (SSSR count). The van der Waals surface area contributed by atoms with Gasteiger partial charge in [-0.3, -0.25) is 4.79 Å². The molecule has 3 heteroatoms. The van der Waals surface area contributed by atoms with Crippen molar-refractivity contribution in [2.75, 3.05) is 19.6 Å². The van der Waals surface area contributed by atoms with E-state index in [0.717, 1.165) is 32.4 Å². The van der Waals surface area contributed by atoms with Crippen LogP contribution in [0.1, 0.15) is 40.0 Å². The van der Waals surface area contributed by atoms with E-state index in [-0.39, 0.29) is 11.5 Å². The third kappa shape index (κ3) is 3.09. The molecular weight excluding hydrogens is 212 g/mol. The van der Waals surface area contributed by atoms with Gasteiger partial charge in [0.05, 0.1) is 5.41 Å². The van der Waals surface area contributed by atoms with Gasteiger partial charge in [0.25, 0.3) is 0 Å². The van der Waals surface area contributed by atoms with Gasteiger partial charge in [0.1, 0.15) is 0 Å². The van der Waals surface area contributed by atoms with Crippen LogP contribution >= 0.6 is 0 Å². The number of rotatable bonds is 5. The highest BCUT2D eigenvalue weighted by Crippen LogP contribution is 2.35. The SMILES string of the molecule is C=CCN(C(=O)C1(CC)CCNCC1)C(C)C. The topological polar surface area (TPSA) is 32.3 Å². The van der Waals surface area contributed by atoms with Crippen LogP contribution < -0.4 is 5.32 Å². The van der Waals surface area contributed by atoms with E-state index in [1.165, 1.54) is 0 Å².